The molecule has 1 saturated heterocycles. The summed E-state index contributed by atoms with van der Waals surface area (Å²) in [4.78, 5) is 13.8. The zero-order chi connectivity index (χ0) is 14.8. The average Bonchev–Trinajstić information content (AvgIpc) is 2.82. The van der Waals surface area contributed by atoms with Crippen molar-refractivity contribution in [1.29, 1.82) is 0 Å². The van der Waals surface area contributed by atoms with Gasteiger partial charge in [0.15, 0.2) is 0 Å². The molecule has 1 fully saturated rings. The van der Waals surface area contributed by atoms with E-state index < -0.39 is 0 Å². The number of carbonyl (C=O) groups is 1. The van der Waals surface area contributed by atoms with Gasteiger partial charge in [-0.25, -0.2) is 0 Å². The molecule has 3 rings (SSSR count). The summed E-state index contributed by atoms with van der Waals surface area (Å²) in [6.07, 6.45) is 2.15. The van der Waals surface area contributed by atoms with Crippen LogP contribution in [0.2, 0.25) is 0 Å². The lowest BCUT2D eigenvalue weighted by Gasteiger charge is -2.26. The van der Waals surface area contributed by atoms with Gasteiger partial charge in [-0.3, -0.25) is 9.69 Å². The molecule has 21 heavy (non-hydrogen) atoms. The molecule has 1 aliphatic heterocycles. The highest BCUT2D eigenvalue weighted by atomic mass is 16.5. The zero-order valence-corrected chi connectivity index (χ0v) is 12.3. The summed E-state index contributed by atoms with van der Waals surface area (Å²) in [6.45, 7) is 7.61. The Bertz CT molecular complexity index is 657. The molecule has 5 nitrogen and oxygen atoms in total. The van der Waals surface area contributed by atoms with Crippen LogP contribution in [0.4, 0.5) is 0 Å². The maximum Gasteiger partial charge on any atom is 0.248 e. The number of fused-ring (bicyclic) bond motifs is 1. The number of morpholine rings is 1. The first-order valence-electron chi connectivity index (χ1n) is 7.34. The summed E-state index contributed by atoms with van der Waals surface area (Å²) in [7, 11) is 0. The normalized spacial score (nSPS) is 16.4. The second-order valence-electron chi connectivity index (χ2n) is 5.56. The number of nitrogens with zero attached hydrogens (tertiary/aromatic N) is 2. The van der Waals surface area contributed by atoms with Crippen LogP contribution in [0, 0.1) is 6.92 Å². The van der Waals surface area contributed by atoms with Gasteiger partial charge < -0.3 is 15.0 Å². The van der Waals surface area contributed by atoms with Crippen molar-refractivity contribution in [3.63, 3.8) is 0 Å². The largest absolute Gasteiger partial charge is 0.379 e. The zero-order valence-electron chi connectivity index (χ0n) is 12.3. The second-order valence-corrected chi connectivity index (χ2v) is 5.56. The van der Waals surface area contributed by atoms with Gasteiger partial charge in [-0.1, -0.05) is 6.07 Å². The molecule has 5 heteroatoms. The topological polar surface area (TPSA) is 60.5 Å². The lowest BCUT2D eigenvalue weighted by molar-refractivity contribution is 0.0365. The molecule has 0 spiro atoms. The van der Waals surface area contributed by atoms with E-state index in [0.717, 1.165) is 44.9 Å². The fraction of sp³-hybridized carbons (Fsp3) is 0.438. The Kier molecular flexibility index (Phi) is 3.94. The van der Waals surface area contributed by atoms with Gasteiger partial charge in [0.2, 0.25) is 5.91 Å². The lowest BCUT2D eigenvalue weighted by Crippen LogP contribution is -2.38. The maximum atomic E-state index is 11.4. The first-order valence-corrected chi connectivity index (χ1v) is 7.34. The number of aromatic nitrogens is 1. The van der Waals surface area contributed by atoms with Crippen molar-refractivity contribution in [3.05, 3.63) is 35.5 Å². The minimum atomic E-state index is -0.379. The number of carbonyl (C=O) groups excluding carboxylic acids is 1. The standard InChI is InChI=1S/C16H21N3O2/c1-12-11-19(5-4-18-6-8-21-9-7-18)15-10-13(16(17)20)2-3-14(12)15/h2-3,10-11H,4-9H2,1H3,(H2,17,20). The average molecular weight is 287 g/mol. The summed E-state index contributed by atoms with van der Waals surface area (Å²) in [6, 6.07) is 5.67. The molecule has 1 aromatic heterocycles. The summed E-state index contributed by atoms with van der Waals surface area (Å²) in [5, 5.41) is 1.18. The maximum absolute atomic E-state index is 11.4. The van der Waals surface area contributed by atoms with Gasteiger partial charge in [0.05, 0.1) is 13.2 Å². The van der Waals surface area contributed by atoms with Gasteiger partial charge in [0, 0.05) is 48.8 Å². The van der Waals surface area contributed by atoms with E-state index in [9.17, 15) is 4.79 Å². The monoisotopic (exact) mass is 287 g/mol. The summed E-state index contributed by atoms with van der Waals surface area (Å²) >= 11 is 0. The van der Waals surface area contributed by atoms with E-state index in [0.29, 0.717) is 5.56 Å². The van der Waals surface area contributed by atoms with Crippen LogP contribution in [0.25, 0.3) is 10.9 Å². The molecular formula is C16H21N3O2. The molecule has 1 aliphatic rings. The summed E-state index contributed by atoms with van der Waals surface area (Å²) in [5.74, 6) is -0.379. The molecule has 0 aliphatic carbocycles. The predicted molar refractivity (Wildman–Crippen MR) is 82.5 cm³/mol. The van der Waals surface area contributed by atoms with Crippen molar-refractivity contribution in [1.82, 2.24) is 9.47 Å². The molecule has 0 bridgehead atoms. The van der Waals surface area contributed by atoms with E-state index in [2.05, 4.69) is 22.6 Å². The van der Waals surface area contributed by atoms with E-state index >= 15 is 0 Å². The van der Waals surface area contributed by atoms with Gasteiger partial charge in [0.25, 0.3) is 0 Å². The molecular weight excluding hydrogens is 266 g/mol. The number of hydrogen-bond donors (Lipinski definition) is 1. The summed E-state index contributed by atoms with van der Waals surface area (Å²) < 4.78 is 7.58. The van der Waals surface area contributed by atoms with Crippen LogP contribution in [0.1, 0.15) is 15.9 Å². The Morgan fingerprint density at radius 2 is 2.05 bits per heavy atom. The van der Waals surface area contributed by atoms with Crippen molar-refractivity contribution in [3.8, 4) is 0 Å². The Hall–Kier alpha value is -1.85. The Morgan fingerprint density at radius 1 is 1.29 bits per heavy atom. The Morgan fingerprint density at radius 3 is 2.76 bits per heavy atom. The smallest absolute Gasteiger partial charge is 0.248 e. The molecule has 2 aromatic rings. The van der Waals surface area contributed by atoms with Crippen LogP contribution in [0.5, 0.6) is 0 Å². The second kappa shape index (κ2) is 5.87. The predicted octanol–water partition coefficient (Wildman–Crippen LogP) is 1.38. The van der Waals surface area contributed by atoms with Crippen LogP contribution >= 0.6 is 0 Å². The number of nitrogens with two attached hydrogens (primary N) is 1. The third-order valence-electron chi connectivity index (χ3n) is 4.13. The Labute approximate surface area is 124 Å². The van der Waals surface area contributed by atoms with Crippen molar-refractivity contribution in [2.75, 3.05) is 32.8 Å². The highest BCUT2D eigenvalue weighted by Gasteiger charge is 2.12. The molecule has 2 N–H and O–H groups in total. The van der Waals surface area contributed by atoms with Crippen molar-refractivity contribution in [2.45, 2.75) is 13.5 Å². The minimum absolute atomic E-state index is 0.379. The minimum Gasteiger partial charge on any atom is -0.379 e. The number of rotatable bonds is 4. The number of ether oxygens (including phenoxy) is 1. The van der Waals surface area contributed by atoms with Crippen LogP contribution in [0.3, 0.4) is 0 Å². The van der Waals surface area contributed by atoms with Crippen molar-refractivity contribution in [2.24, 2.45) is 5.73 Å². The highest BCUT2D eigenvalue weighted by Crippen LogP contribution is 2.22. The third-order valence-corrected chi connectivity index (χ3v) is 4.13. The van der Waals surface area contributed by atoms with Gasteiger partial charge in [-0.2, -0.15) is 0 Å². The van der Waals surface area contributed by atoms with Crippen LogP contribution in [0.15, 0.2) is 24.4 Å². The molecule has 0 atom stereocenters. The molecule has 0 saturated carbocycles. The van der Waals surface area contributed by atoms with Gasteiger partial charge in [-0.05, 0) is 24.6 Å². The van der Waals surface area contributed by atoms with Gasteiger partial charge in [0.1, 0.15) is 0 Å². The van der Waals surface area contributed by atoms with E-state index in [4.69, 9.17) is 10.5 Å². The van der Waals surface area contributed by atoms with E-state index in [-0.39, 0.29) is 5.91 Å². The molecule has 1 amide bonds. The fourth-order valence-corrected chi connectivity index (χ4v) is 2.89. The van der Waals surface area contributed by atoms with Gasteiger partial charge >= 0.3 is 0 Å². The SMILES string of the molecule is Cc1cn(CCN2CCOCC2)c2cc(C(N)=O)ccc12. The molecule has 1 aromatic carbocycles. The van der Waals surface area contributed by atoms with E-state index in [1.165, 1.54) is 10.9 Å². The highest BCUT2D eigenvalue weighted by molar-refractivity contribution is 5.97. The van der Waals surface area contributed by atoms with Crippen molar-refractivity contribution < 1.29 is 9.53 Å². The Balaban J connectivity index is 1.83. The van der Waals surface area contributed by atoms with Gasteiger partial charge in [-0.15, -0.1) is 0 Å². The number of benzene rings is 1. The fourth-order valence-electron chi connectivity index (χ4n) is 2.89. The summed E-state index contributed by atoms with van der Waals surface area (Å²) in [5.41, 5.74) is 8.25. The molecule has 2 heterocycles. The quantitative estimate of drug-likeness (QED) is 0.924. The van der Waals surface area contributed by atoms with Crippen LogP contribution in [-0.4, -0.2) is 48.2 Å². The van der Waals surface area contributed by atoms with Crippen molar-refractivity contribution >= 4 is 16.8 Å². The number of primary amides is 1. The first-order chi connectivity index (χ1) is 10.1. The number of amides is 1. The first kappa shape index (κ1) is 14.1. The molecule has 112 valence electrons. The van der Waals surface area contributed by atoms with E-state index in [1.54, 1.807) is 6.07 Å². The molecule has 0 radical (unpaired) electrons. The van der Waals surface area contributed by atoms with Crippen LogP contribution in [-0.2, 0) is 11.3 Å². The number of hydrogen-bond acceptors (Lipinski definition) is 3. The van der Waals surface area contributed by atoms with E-state index in [1.807, 2.05) is 12.1 Å². The number of aryl methyl sites for hydroxylation is 1. The third kappa shape index (κ3) is 2.94. The van der Waals surface area contributed by atoms with Crippen LogP contribution < -0.4 is 5.73 Å². The lowest BCUT2D eigenvalue weighted by atomic mass is 10.1. The molecule has 0 unspecified atom stereocenters.